The Morgan fingerprint density at radius 3 is 2.50 bits per heavy atom. The van der Waals surface area contributed by atoms with Crippen molar-refractivity contribution >= 4 is 34.5 Å². The standard InChI is InChI=1S/C15H13NS.ClH/c16-15(12-8-9-17-10-12)14-7-3-5-11-4-1-2-6-13(11)14;/h1-10,15H,16H2;1H/t15-;/m0./s1. The molecule has 92 valence electrons. The maximum absolute atomic E-state index is 6.33. The number of fused-ring (bicyclic) bond motifs is 1. The van der Waals surface area contributed by atoms with Gasteiger partial charge in [0, 0.05) is 0 Å². The van der Waals surface area contributed by atoms with Crippen LogP contribution in [0.2, 0.25) is 0 Å². The first-order valence-electron chi connectivity index (χ1n) is 5.61. The van der Waals surface area contributed by atoms with Gasteiger partial charge in [-0.2, -0.15) is 11.3 Å². The van der Waals surface area contributed by atoms with Crippen LogP contribution in [0.3, 0.4) is 0 Å². The lowest BCUT2D eigenvalue weighted by molar-refractivity contribution is 0.886. The predicted molar refractivity (Wildman–Crippen MR) is 81.5 cm³/mol. The van der Waals surface area contributed by atoms with E-state index in [-0.39, 0.29) is 18.4 Å². The number of benzene rings is 2. The molecule has 0 bridgehead atoms. The minimum absolute atomic E-state index is 0. The van der Waals surface area contributed by atoms with Crippen LogP contribution in [0.15, 0.2) is 59.3 Å². The molecule has 1 nitrogen and oxygen atoms in total. The smallest absolute Gasteiger partial charge is 0.0565 e. The highest BCUT2D eigenvalue weighted by Gasteiger charge is 2.11. The van der Waals surface area contributed by atoms with Crippen LogP contribution in [0.5, 0.6) is 0 Å². The number of hydrogen-bond acceptors (Lipinski definition) is 2. The molecule has 0 aliphatic rings. The Morgan fingerprint density at radius 1 is 0.944 bits per heavy atom. The maximum atomic E-state index is 6.33. The number of halogens is 1. The van der Waals surface area contributed by atoms with Crippen LogP contribution >= 0.6 is 23.7 Å². The van der Waals surface area contributed by atoms with Crippen LogP contribution in [0, 0.1) is 0 Å². The van der Waals surface area contributed by atoms with Gasteiger partial charge in [-0.3, -0.25) is 0 Å². The summed E-state index contributed by atoms with van der Waals surface area (Å²) in [7, 11) is 0. The highest BCUT2D eigenvalue weighted by atomic mass is 35.5. The average molecular weight is 276 g/mol. The van der Waals surface area contributed by atoms with Crippen LogP contribution < -0.4 is 5.73 Å². The van der Waals surface area contributed by atoms with E-state index in [0.29, 0.717) is 0 Å². The molecule has 0 amide bonds. The third kappa shape index (κ3) is 2.27. The van der Waals surface area contributed by atoms with Crippen molar-refractivity contribution in [3.63, 3.8) is 0 Å². The van der Waals surface area contributed by atoms with E-state index in [0.717, 1.165) is 0 Å². The Bertz CT molecular complexity index is 629. The lowest BCUT2D eigenvalue weighted by atomic mass is 9.96. The molecule has 1 atom stereocenters. The minimum atomic E-state index is -0.0349. The second-order valence-electron chi connectivity index (χ2n) is 4.10. The fourth-order valence-electron chi connectivity index (χ4n) is 2.15. The van der Waals surface area contributed by atoms with Crippen LogP contribution in [-0.2, 0) is 0 Å². The molecule has 0 spiro atoms. The summed E-state index contributed by atoms with van der Waals surface area (Å²) in [5, 5.41) is 6.68. The van der Waals surface area contributed by atoms with Crippen LogP contribution in [0.4, 0.5) is 0 Å². The van der Waals surface area contributed by atoms with Gasteiger partial charge in [0.25, 0.3) is 0 Å². The van der Waals surface area contributed by atoms with Crippen molar-refractivity contribution in [1.82, 2.24) is 0 Å². The summed E-state index contributed by atoms with van der Waals surface area (Å²) >= 11 is 1.69. The Kier molecular flexibility index (Phi) is 4.02. The van der Waals surface area contributed by atoms with Gasteiger partial charge >= 0.3 is 0 Å². The molecular weight excluding hydrogens is 262 g/mol. The van der Waals surface area contributed by atoms with Gasteiger partial charge in [-0.15, -0.1) is 12.4 Å². The third-order valence-corrected chi connectivity index (χ3v) is 3.76. The highest BCUT2D eigenvalue weighted by molar-refractivity contribution is 7.08. The van der Waals surface area contributed by atoms with E-state index in [1.54, 1.807) is 11.3 Å². The Labute approximate surface area is 117 Å². The van der Waals surface area contributed by atoms with Crippen molar-refractivity contribution in [3.05, 3.63) is 70.4 Å². The van der Waals surface area contributed by atoms with Crippen LogP contribution in [0.1, 0.15) is 17.2 Å². The molecule has 0 saturated heterocycles. The molecule has 0 fully saturated rings. The van der Waals surface area contributed by atoms with Crippen molar-refractivity contribution in [3.8, 4) is 0 Å². The number of thiophene rings is 1. The second kappa shape index (κ2) is 5.53. The lowest BCUT2D eigenvalue weighted by Gasteiger charge is -2.13. The molecule has 18 heavy (non-hydrogen) atoms. The summed E-state index contributed by atoms with van der Waals surface area (Å²) in [5.41, 5.74) is 8.72. The van der Waals surface area contributed by atoms with Crippen molar-refractivity contribution in [1.29, 1.82) is 0 Å². The molecule has 0 unspecified atom stereocenters. The number of hydrogen-bond donors (Lipinski definition) is 1. The zero-order valence-corrected chi connectivity index (χ0v) is 11.4. The summed E-state index contributed by atoms with van der Waals surface area (Å²) in [6.45, 7) is 0. The van der Waals surface area contributed by atoms with Crippen LogP contribution in [-0.4, -0.2) is 0 Å². The summed E-state index contributed by atoms with van der Waals surface area (Å²) in [6.07, 6.45) is 0. The third-order valence-electron chi connectivity index (χ3n) is 3.06. The van der Waals surface area contributed by atoms with Crippen LogP contribution in [0.25, 0.3) is 10.8 Å². The van der Waals surface area contributed by atoms with E-state index < -0.39 is 0 Å². The highest BCUT2D eigenvalue weighted by Crippen LogP contribution is 2.28. The normalized spacial score (nSPS) is 12.1. The molecule has 0 aliphatic heterocycles. The van der Waals surface area contributed by atoms with Gasteiger partial charge in [-0.05, 0) is 38.7 Å². The predicted octanol–water partition coefficient (Wildman–Crippen LogP) is 4.37. The zero-order valence-electron chi connectivity index (χ0n) is 9.74. The summed E-state index contributed by atoms with van der Waals surface area (Å²) in [5.74, 6) is 0. The molecule has 1 heterocycles. The molecular formula is C15H14ClNS. The Hall–Kier alpha value is -1.35. The number of rotatable bonds is 2. The second-order valence-corrected chi connectivity index (χ2v) is 4.88. The van der Waals surface area contributed by atoms with Gasteiger partial charge < -0.3 is 5.73 Å². The van der Waals surface area contributed by atoms with Crippen molar-refractivity contribution in [2.75, 3.05) is 0 Å². The van der Waals surface area contributed by atoms with E-state index in [1.807, 2.05) is 0 Å². The van der Waals surface area contributed by atoms with E-state index in [4.69, 9.17) is 5.73 Å². The minimum Gasteiger partial charge on any atom is -0.320 e. The molecule has 0 radical (unpaired) electrons. The summed E-state index contributed by atoms with van der Waals surface area (Å²) < 4.78 is 0. The average Bonchev–Trinajstić information content (AvgIpc) is 2.91. The van der Waals surface area contributed by atoms with E-state index in [9.17, 15) is 0 Å². The molecule has 3 rings (SSSR count). The van der Waals surface area contributed by atoms with Gasteiger partial charge in [-0.25, -0.2) is 0 Å². The fourth-order valence-corrected chi connectivity index (χ4v) is 2.85. The molecule has 0 saturated carbocycles. The fraction of sp³-hybridized carbons (Fsp3) is 0.0667. The Balaban J connectivity index is 0.00000120. The molecule has 2 N–H and O–H groups in total. The first kappa shape index (κ1) is 13.1. The summed E-state index contributed by atoms with van der Waals surface area (Å²) in [6, 6.07) is 16.8. The van der Waals surface area contributed by atoms with Gasteiger partial charge in [0.2, 0.25) is 0 Å². The van der Waals surface area contributed by atoms with Gasteiger partial charge in [0.1, 0.15) is 0 Å². The first-order valence-corrected chi connectivity index (χ1v) is 6.56. The Morgan fingerprint density at radius 2 is 1.72 bits per heavy atom. The van der Waals surface area contributed by atoms with Gasteiger partial charge in [0.15, 0.2) is 0 Å². The maximum Gasteiger partial charge on any atom is 0.0565 e. The van der Waals surface area contributed by atoms with Gasteiger partial charge in [0.05, 0.1) is 6.04 Å². The topological polar surface area (TPSA) is 26.0 Å². The molecule has 3 aromatic rings. The number of nitrogens with two attached hydrogens (primary N) is 1. The SMILES string of the molecule is Cl.N[C@@H](c1ccsc1)c1cccc2ccccc12. The zero-order chi connectivity index (χ0) is 11.7. The largest absolute Gasteiger partial charge is 0.320 e. The van der Waals surface area contributed by atoms with Gasteiger partial charge in [-0.1, -0.05) is 42.5 Å². The summed E-state index contributed by atoms with van der Waals surface area (Å²) in [4.78, 5) is 0. The van der Waals surface area contributed by atoms with E-state index in [1.165, 1.54) is 21.9 Å². The molecule has 3 heteroatoms. The molecule has 1 aromatic heterocycles. The quantitative estimate of drug-likeness (QED) is 0.738. The lowest BCUT2D eigenvalue weighted by Crippen LogP contribution is -2.11. The first-order chi connectivity index (χ1) is 8.36. The van der Waals surface area contributed by atoms with Crippen molar-refractivity contribution in [2.24, 2.45) is 5.73 Å². The molecule has 2 aromatic carbocycles. The monoisotopic (exact) mass is 275 g/mol. The van der Waals surface area contributed by atoms with Crippen molar-refractivity contribution in [2.45, 2.75) is 6.04 Å². The van der Waals surface area contributed by atoms with E-state index in [2.05, 4.69) is 59.3 Å². The van der Waals surface area contributed by atoms with E-state index >= 15 is 0 Å². The molecule has 0 aliphatic carbocycles. The van der Waals surface area contributed by atoms with Crippen molar-refractivity contribution < 1.29 is 0 Å².